The molecule has 0 atom stereocenters. The van der Waals surface area contributed by atoms with E-state index in [2.05, 4.69) is 10.3 Å². The second kappa shape index (κ2) is 10.6. The number of carbonyl (C=O) groups is 1. The van der Waals surface area contributed by atoms with E-state index in [0.29, 0.717) is 41.7 Å². The lowest BCUT2D eigenvalue weighted by molar-refractivity contribution is -0.138. The number of hydrogen-bond acceptors (Lipinski definition) is 8. The first kappa shape index (κ1) is 23.0. The number of esters is 1. The van der Waals surface area contributed by atoms with E-state index in [1.807, 2.05) is 37.4 Å². The third-order valence-electron chi connectivity index (χ3n) is 5.04. The molecule has 0 fully saturated rings. The van der Waals surface area contributed by atoms with Crippen LogP contribution in [0.3, 0.4) is 0 Å². The van der Waals surface area contributed by atoms with Gasteiger partial charge in [-0.15, -0.1) is 0 Å². The van der Waals surface area contributed by atoms with Crippen molar-refractivity contribution in [1.82, 2.24) is 4.98 Å². The lowest BCUT2D eigenvalue weighted by Crippen LogP contribution is -2.16. The molecule has 3 rings (SSSR count). The van der Waals surface area contributed by atoms with Crippen molar-refractivity contribution < 1.29 is 28.5 Å². The van der Waals surface area contributed by atoms with Gasteiger partial charge in [-0.2, -0.15) is 0 Å². The molecule has 0 bridgehead atoms. The number of ether oxygens (including phenoxy) is 5. The molecule has 0 aliphatic heterocycles. The summed E-state index contributed by atoms with van der Waals surface area (Å²) in [5.41, 5.74) is 2.68. The molecule has 0 spiro atoms. The van der Waals surface area contributed by atoms with Crippen molar-refractivity contribution in [3.8, 4) is 23.0 Å². The Labute approximate surface area is 187 Å². The van der Waals surface area contributed by atoms with Crippen molar-refractivity contribution in [1.29, 1.82) is 0 Å². The molecular formula is C24H28N2O6. The van der Waals surface area contributed by atoms with Gasteiger partial charge >= 0.3 is 5.97 Å². The number of rotatable bonds is 10. The van der Waals surface area contributed by atoms with Crippen molar-refractivity contribution in [3.05, 3.63) is 47.8 Å². The van der Waals surface area contributed by atoms with E-state index in [9.17, 15) is 4.79 Å². The quantitative estimate of drug-likeness (QED) is 0.476. The molecule has 0 amide bonds. The van der Waals surface area contributed by atoms with Crippen LogP contribution < -0.4 is 24.3 Å². The number of methoxy groups -OCH3 is 4. The fourth-order valence-electron chi connectivity index (χ4n) is 3.57. The van der Waals surface area contributed by atoms with E-state index in [-0.39, 0.29) is 12.5 Å². The summed E-state index contributed by atoms with van der Waals surface area (Å²) in [5.74, 6) is 2.01. The zero-order valence-electron chi connectivity index (χ0n) is 19.0. The molecule has 0 unspecified atom stereocenters. The standard InChI is InChI=1S/C24H28N2O6/c1-6-32-19-8-7-17-16(12-25-13-18(17)23(19)26-14-22(27)30-4)9-15-10-20(28-2)24(31-5)21(11-15)29-3/h7-8,10-13,26H,6,9,14H2,1-5H3. The molecule has 0 radical (unpaired) electrons. The monoisotopic (exact) mass is 440 g/mol. The van der Waals surface area contributed by atoms with Crippen LogP contribution in [-0.2, 0) is 16.0 Å². The topological polar surface area (TPSA) is 88.1 Å². The van der Waals surface area contributed by atoms with Gasteiger partial charge in [-0.25, -0.2) is 0 Å². The van der Waals surface area contributed by atoms with Gasteiger partial charge in [0.2, 0.25) is 5.75 Å². The second-order valence-corrected chi connectivity index (χ2v) is 6.91. The van der Waals surface area contributed by atoms with Gasteiger partial charge in [-0.3, -0.25) is 9.78 Å². The number of nitrogens with one attached hydrogen (secondary N) is 1. The van der Waals surface area contributed by atoms with Crippen LogP contribution in [0.4, 0.5) is 5.69 Å². The zero-order valence-corrected chi connectivity index (χ0v) is 19.0. The van der Waals surface area contributed by atoms with Crippen LogP contribution >= 0.6 is 0 Å². The number of aromatic nitrogens is 1. The summed E-state index contributed by atoms with van der Waals surface area (Å²) in [6.45, 7) is 2.43. The van der Waals surface area contributed by atoms with Crippen LogP contribution in [0.1, 0.15) is 18.1 Å². The largest absolute Gasteiger partial charge is 0.493 e. The third kappa shape index (κ3) is 4.80. The second-order valence-electron chi connectivity index (χ2n) is 6.91. The number of nitrogens with zero attached hydrogens (tertiary/aromatic N) is 1. The molecule has 8 nitrogen and oxygen atoms in total. The van der Waals surface area contributed by atoms with Crippen molar-refractivity contribution >= 4 is 22.4 Å². The van der Waals surface area contributed by atoms with Gasteiger partial charge in [0, 0.05) is 17.8 Å². The summed E-state index contributed by atoms with van der Waals surface area (Å²) in [5, 5.41) is 4.98. The highest BCUT2D eigenvalue weighted by atomic mass is 16.5. The molecule has 0 aliphatic carbocycles. The zero-order chi connectivity index (χ0) is 23.1. The van der Waals surface area contributed by atoms with Crippen LogP contribution in [-0.4, -0.2) is 52.5 Å². The van der Waals surface area contributed by atoms with Gasteiger partial charge in [-0.05, 0) is 48.1 Å². The van der Waals surface area contributed by atoms with Crippen LogP contribution in [0.5, 0.6) is 23.0 Å². The average Bonchev–Trinajstić information content (AvgIpc) is 2.82. The first-order valence-corrected chi connectivity index (χ1v) is 10.2. The summed E-state index contributed by atoms with van der Waals surface area (Å²) in [4.78, 5) is 16.1. The lowest BCUT2D eigenvalue weighted by atomic mass is 9.99. The van der Waals surface area contributed by atoms with Crippen LogP contribution in [0.25, 0.3) is 10.8 Å². The maximum Gasteiger partial charge on any atom is 0.325 e. The molecule has 1 N–H and O–H groups in total. The number of carbonyl (C=O) groups excluding carboxylic acids is 1. The highest BCUT2D eigenvalue weighted by Crippen LogP contribution is 2.40. The minimum absolute atomic E-state index is 0.0206. The Morgan fingerprint density at radius 1 is 0.938 bits per heavy atom. The Morgan fingerprint density at radius 3 is 2.25 bits per heavy atom. The van der Waals surface area contributed by atoms with Crippen molar-refractivity contribution in [2.24, 2.45) is 0 Å². The molecule has 2 aromatic carbocycles. The van der Waals surface area contributed by atoms with Gasteiger partial charge in [-0.1, -0.05) is 6.07 Å². The molecule has 8 heteroatoms. The van der Waals surface area contributed by atoms with E-state index in [1.165, 1.54) is 7.11 Å². The molecule has 0 saturated carbocycles. The maximum atomic E-state index is 11.7. The molecule has 1 heterocycles. The van der Waals surface area contributed by atoms with Crippen molar-refractivity contribution in [2.45, 2.75) is 13.3 Å². The molecule has 170 valence electrons. The van der Waals surface area contributed by atoms with Gasteiger partial charge in [0.15, 0.2) is 11.5 Å². The molecule has 1 aromatic heterocycles. The fraction of sp³-hybridized carbons (Fsp3) is 0.333. The van der Waals surface area contributed by atoms with E-state index in [4.69, 9.17) is 23.7 Å². The summed E-state index contributed by atoms with van der Waals surface area (Å²) in [7, 11) is 6.12. The summed E-state index contributed by atoms with van der Waals surface area (Å²) in [6.07, 6.45) is 4.18. The van der Waals surface area contributed by atoms with Crippen molar-refractivity contribution in [2.75, 3.05) is 46.9 Å². The molecule has 3 aromatic rings. The molecule has 0 saturated heterocycles. The number of anilines is 1. The van der Waals surface area contributed by atoms with E-state index >= 15 is 0 Å². The number of pyridine rings is 1. The summed E-state index contributed by atoms with van der Waals surface area (Å²) < 4.78 is 26.9. The first-order chi connectivity index (χ1) is 15.6. The van der Waals surface area contributed by atoms with Crippen LogP contribution in [0.15, 0.2) is 36.7 Å². The van der Waals surface area contributed by atoms with Gasteiger partial charge in [0.25, 0.3) is 0 Å². The predicted molar refractivity (Wildman–Crippen MR) is 122 cm³/mol. The van der Waals surface area contributed by atoms with Gasteiger partial charge < -0.3 is 29.0 Å². The average molecular weight is 440 g/mol. The Balaban J connectivity index is 2.06. The molecule has 32 heavy (non-hydrogen) atoms. The molecular weight excluding hydrogens is 412 g/mol. The maximum absolute atomic E-state index is 11.7. The molecule has 0 aliphatic rings. The summed E-state index contributed by atoms with van der Waals surface area (Å²) in [6, 6.07) is 7.74. The predicted octanol–water partition coefficient (Wildman–Crippen LogP) is 3.84. The van der Waals surface area contributed by atoms with Crippen molar-refractivity contribution in [3.63, 3.8) is 0 Å². The third-order valence-corrected chi connectivity index (χ3v) is 5.04. The highest BCUT2D eigenvalue weighted by molar-refractivity contribution is 5.99. The van der Waals surface area contributed by atoms with E-state index in [0.717, 1.165) is 21.9 Å². The minimum Gasteiger partial charge on any atom is -0.493 e. The Hall–Kier alpha value is -3.68. The Bertz CT molecular complexity index is 1070. The van der Waals surface area contributed by atoms with Crippen LogP contribution in [0.2, 0.25) is 0 Å². The van der Waals surface area contributed by atoms with E-state index in [1.54, 1.807) is 27.5 Å². The number of hydrogen-bond donors (Lipinski definition) is 1. The first-order valence-electron chi connectivity index (χ1n) is 10.2. The minimum atomic E-state index is -0.369. The SMILES string of the molecule is CCOc1ccc2c(Cc3cc(OC)c(OC)c(OC)c3)cncc2c1NCC(=O)OC. The van der Waals surface area contributed by atoms with Gasteiger partial charge in [0.05, 0.1) is 40.7 Å². The summed E-state index contributed by atoms with van der Waals surface area (Å²) >= 11 is 0. The number of fused-ring (bicyclic) bond motifs is 1. The van der Waals surface area contributed by atoms with Gasteiger partial charge in [0.1, 0.15) is 12.3 Å². The smallest absolute Gasteiger partial charge is 0.325 e. The fourth-order valence-corrected chi connectivity index (χ4v) is 3.57. The normalized spacial score (nSPS) is 10.5. The number of benzene rings is 2. The highest BCUT2D eigenvalue weighted by Gasteiger charge is 2.16. The Morgan fingerprint density at radius 2 is 1.66 bits per heavy atom. The van der Waals surface area contributed by atoms with E-state index < -0.39 is 0 Å². The lowest BCUT2D eigenvalue weighted by Gasteiger charge is -2.17. The Kier molecular flexibility index (Phi) is 7.59. The van der Waals surface area contributed by atoms with Crippen LogP contribution in [0, 0.1) is 0 Å².